The van der Waals surface area contributed by atoms with Gasteiger partial charge in [0, 0.05) is 16.0 Å². The van der Waals surface area contributed by atoms with Crippen LogP contribution >= 0.6 is 27.5 Å². The Labute approximate surface area is 154 Å². The van der Waals surface area contributed by atoms with Crippen LogP contribution in [0.4, 0.5) is 0 Å². The van der Waals surface area contributed by atoms with Crippen LogP contribution in [-0.2, 0) is 26.2 Å². The van der Waals surface area contributed by atoms with E-state index >= 15 is 0 Å². The van der Waals surface area contributed by atoms with Crippen LogP contribution in [0.15, 0.2) is 57.9 Å². The van der Waals surface area contributed by atoms with Gasteiger partial charge in [-0.15, -0.1) is 0 Å². The van der Waals surface area contributed by atoms with E-state index in [0.717, 1.165) is 10.0 Å². The van der Waals surface area contributed by atoms with E-state index in [-0.39, 0.29) is 24.5 Å². The highest BCUT2D eigenvalue weighted by Crippen LogP contribution is 2.15. The van der Waals surface area contributed by atoms with Crippen LogP contribution in [0, 0.1) is 0 Å². The molecule has 0 fully saturated rings. The van der Waals surface area contributed by atoms with Gasteiger partial charge in [-0.25, -0.2) is 13.1 Å². The Kier molecular flexibility index (Phi) is 6.79. The third-order valence-corrected chi connectivity index (χ3v) is 5.26. The van der Waals surface area contributed by atoms with E-state index in [9.17, 15) is 13.2 Å². The molecule has 0 radical (unpaired) electrons. The fraction of sp³-hybridized carbons (Fsp3) is 0.188. The summed E-state index contributed by atoms with van der Waals surface area (Å²) in [7, 11) is -3.70. The Morgan fingerprint density at radius 1 is 1.17 bits per heavy atom. The number of rotatable bonds is 7. The molecule has 0 aromatic heterocycles. The lowest BCUT2D eigenvalue weighted by Gasteiger charge is -2.08. The fourth-order valence-electron chi connectivity index (χ4n) is 1.82. The molecule has 0 aliphatic carbocycles. The van der Waals surface area contributed by atoms with Crippen molar-refractivity contribution in [3.8, 4) is 0 Å². The van der Waals surface area contributed by atoms with Gasteiger partial charge >= 0.3 is 5.97 Å². The molecular weight excluding hydrogens is 418 g/mol. The highest BCUT2D eigenvalue weighted by molar-refractivity contribution is 9.10. The van der Waals surface area contributed by atoms with Crippen molar-refractivity contribution in [3.63, 3.8) is 0 Å². The Balaban J connectivity index is 1.78. The molecule has 0 bridgehead atoms. The largest absolute Gasteiger partial charge is 0.461 e. The van der Waals surface area contributed by atoms with Gasteiger partial charge in [-0.3, -0.25) is 4.79 Å². The number of sulfonamides is 1. The summed E-state index contributed by atoms with van der Waals surface area (Å²) in [6, 6.07) is 13.3. The molecule has 0 saturated heterocycles. The van der Waals surface area contributed by atoms with Gasteiger partial charge in [0.2, 0.25) is 10.0 Å². The topological polar surface area (TPSA) is 72.5 Å². The quantitative estimate of drug-likeness (QED) is 0.680. The van der Waals surface area contributed by atoms with Gasteiger partial charge in [-0.05, 0) is 35.9 Å². The van der Waals surface area contributed by atoms with E-state index in [1.54, 1.807) is 12.1 Å². The number of ether oxygens (including phenoxy) is 1. The maximum atomic E-state index is 12.1. The summed E-state index contributed by atoms with van der Waals surface area (Å²) in [4.78, 5) is 11.7. The van der Waals surface area contributed by atoms with Crippen molar-refractivity contribution < 1.29 is 17.9 Å². The van der Waals surface area contributed by atoms with Crippen molar-refractivity contribution in [1.82, 2.24) is 4.72 Å². The molecule has 24 heavy (non-hydrogen) atoms. The maximum absolute atomic E-state index is 12.1. The molecule has 2 aromatic rings. The zero-order valence-electron chi connectivity index (χ0n) is 12.5. The fourth-order valence-corrected chi connectivity index (χ4v) is 3.42. The summed E-state index contributed by atoms with van der Waals surface area (Å²) < 4.78 is 32.5. The molecule has 0 unspecified atom stereocenters. The summed E-state index contributed by atoms with van der Waals surface area (Å²) in [5.41, 5.74) is 0.853. The van der Waals surface area contributed by atoms with Crippen molar-refractivity contribution in [3.05, 3.63) is 63.6 Å². The van der Waals surface area contributed by atoms with Crippen LogP contribution in [0.25, 0.3) is 0 Å². The lowest BCUT2D eigenvalue weighted by Crippen LogP contribution is -2.26. The standard InChI is InChI=1S/C16H15BrClNO4S/c17-13-6-4-12(5-7-13)11-23-16(20)8-9-19-24(21,22)15-3-1-2-14(18)10-15/h1-7,10,19H,8-9,11H2. The zero-order chi connectivity index (χ0) is 17.6. The highest BCUT2D eigenvalue weighted by atomic mass is 79.9. The number of carbonyl (C=O) groups excluding carboxylic acids is 1. The van der Waals surface area contributed by atoms with Gasteiger partial charge in [-0.2, -0.15) is 0 Å². The van der Waals surface area contributed by atoms with Gasteiger partial charge in [0.15, 0.2) is 0 Å². The number of halogens is 2. The highest BCUT2D eigenvalue weighted by Gasteiger charge is 2.14. The molecule has 0 atom stereocenters. The number of hydrogen-bond acceptors (Lipinski definition) is 4. The second kappa shape index (κ2) is 8.62. The number of carbonyl (C=O) groups is 1. The first-order valence-corrected chi connectivity index (χ1v) is 9.67. The van der Waals surface area contributed by atoms with E-state index < -0.39 is 16.0 Å². The molecule has 0 spiro atoms. The summed E-state index contributed by atoms with van der Waals surface area (Å²) in [6.45, 7) is 0.0984. The smallest absolute Gasteiger partial charge is 0.307 e. The Morgan fingerprint density at radius 2 is 1.88 bits per heavy atom. The van der Waals surface area contributed by atoms with Crippen molar-refractivity contribution in [2.45, 2.75) is 17.9 Å². The normalized spacial score (nSPS) is 11.2. The Hall–Kier alpha value is -1.41. The summed E-state index contributed by atoms with van der Waals surface area (Å²) >= 11 is 9.10. The van der Waals surface area contributed by atoms with Gasteiger partial charge in [0.25, 0.3) is 0 Å². The van der Waals surface area contributed by atoms with Crippen LogP contribution in [-0.4, -0.2) is 20.9 Å². The van der Waals surface area contributed by atoms with Crippen LogP contribution in [0.5, 0.6) is 0 Å². The average molecular weight is 433 g/mol. The predicted octanol–water partition coefficient (Wildman–Crippen LogP) is 3.51. The van der Waals surface area contributed by atoms with Crippen molar-refractivity contribution >= 4 is 43.5 Å². The molecule has 5 nitrogen and oxygen atoms in total. The molecule has 0 aliphatic rings. The molecule has 128 valence electrons. The van der Waals surface area contributed by atoms with Crippen molar-refractivity contribution in [2.75, 3.05) is 6.54 Å². The third-order valence-electron chi connectivity index (χ3n) is 3.04. The Bertz CT molecular complexity index is 809. The number of hydrogen-bond donors (Lipinski definition) is 1. The molecule has 0 aliphatic heterocycles. The molecular formula is C16H15BrClNO4S. The number of nitrogens with one attached hydrogen (secondary N) is 1. The van der Waals surface area contributed by atoms with Crippen molar-refractivity contribution in [2.24, 2.45) is 0 Å². The lowest BCUT2D eigenvalue weighted by molar-refractivity contribution is -0.144. The second-order valence-corrected chi connectivity index (χ2v) is 8.01. The van der Waals surface area contributed by atoms with Crippen LogP contribution < -0.4 is 4.72 Å². The molecule has 0 saturated carbocycles. The molecule has 0 amide bonds. The minimum Gasteiger partial charge on any atom is -0.461 e. The molecule has 2 rings (SSSR count). The summed E-state index contributed by atoms with van der Waals surface area (Å²) in [6.07, 6.45) is -0.0592. The van der Waals surface area contributed by atoms with Gasteiger partial charge in [0.1, 0.15) is 6.61 Å². The van der Waals surface area contributed by atoms with E-state index in [1.165, 1.54) is 12.1 Å². The minimum atomic E-state index is -3.70. The van der Waals surface area contributed by atoms with E-state index in [1.807, 2.05) is 24.3 Å². The van der Waals surface area contributed by atoms with E-state index in [4.69, 9.17) is 16.3 Å². The first kappa shape index (κ1) is 18.9. The van der Waals surface area contributed by atoms with E-state index in [2.05, 4.69) is 20.7 Å². The predicted molar refractivity (Wildman–Crippen MR) is 95.2 cm³/mol. The van der Waals surface area contributed by atoms with Gasteiger partial charge in [-0.1, -0.05) is 45.7 Å². The average Bonchev–Trinajstić information content (AvgIpc) is 2.54. The molecule has 1 N–H and O–H groups in total. The first-order chi connectivity index (χ1) is 11.4. The minimum absolute atomic E-state index is 0.0476. The lowest BCUT2D eigenvalue weighted by atomic mass is 10.2. The van der Waals surface area contributed by atoms with Crippen LogP contribution in [0.1, 0.15) is 12.0 Å². The molecule has 8 heteroatoms. The number of esters is 1. The van der Waals surface area contributed by atoms with Crippen molar-refractivity contribution in [1.29, 1.82) is 0 Å². The SMILES string of the molecule is O=C(CCNS(=O)(=O)c1cccc(Cl)c1)OCc1ccc(Br)cc1. The molecule has 2 aromatic carbocycles. The van der Waals surface area contributed by atoms with Crippen LogP contribution in [0.2, 0.25) is 5.02 Å². The number of benzene rings is 2. The third kappa shape index (κ3) is 5.90. The Morgan fingerprint density at radius 3 is 2.54 bits per heavy atom. The monoisotopic (exact) mass is 431 g/mol. The molecule has 0 heterocycles. The van der Waals surface area contributed by atoms with Gasteiger partial charge in [0.05, 0.1) is 11.3 Å². The van der Waals surface area contributed by atoms with Gasteiger partial charge < -0.3 is 4.74 Å². The second-order valence-electron chi connectivity index (χ2n) is 4.89. The van der Waals surface area contributed by atoms with E-state index in [0.29, 0.717) is 5.02 Å². The summed E-state index contributed by atoms with van der Waals surface area (Å²) in [5.74, 6) is -0.480. The summed E-state index contributed by atoms with van der Waals surface area (Å²) in [5, 5.41) is 0.326. The first-order valence-electron chi connectivity index (χ1n) is 7.02. The zero-order valence-corrected chi connectivity index (χ0v) is 15.7. The maximum Gasteiger partial charge on any atom is 0.307 e. The van der Waals surface area contributed by atoms with Crippen LogP contribution in [0.3, 0.4) is 0 Å².